The van der Waals surface area contributed by atoms with Gasteiger partial charge in [0, 0.05) is 29.8 Å². The predicted octanol–water partition coefficient (Wildman–Crippen LogP) is 3.63. The lowest BCUT2D eigenvalue weighted by Gasteiger charge is -2.14. The molecule has 0 aliphatic rings. The molecule has 2 rings (SSSR count). The number of halogens is 1. The SMILES string of the molecule is COC(CNC(=O)CCc1ccccc1F)c1ccc(C)s1. The summed E-state index contributed by atoms with van der Waals surface area (Å²) in [4.78, 5) is 14.2. The van der Waals surface area contributed by atoms with Gasteiger partial charge in [0.05, 0.1) is 0 Å². The van der Waals surface area contributed by atoms with Crippen LogP contribution >= 0.6 is 11.3 Å². The molecule has 2 aromatic rings. The molecule has 0 bridgehead atoms. The smallest absolute Gasteiger partial charge is 0.220 e. The van der Waals surface area contributed by atoms with E-state index in [2.05, 4.69) is 5.32 Å². The van der Waals surface area contributed by atoms with Crippen molar-refractivity contribution in [2.75, 3.05) is 13.7 Å². The Morgan fingerprint density at radius 2 is 2.09 bits per heavy atom. The van der Waals surface area contributed by atoms with Gasteiger partial charge in [-0.25, -0.2) is 4.39 Å². The van der Waals surface area contributed by atoms with Gasteiger partial charge in [-0.2, -0.15) is 0 Å². The molecule has 1 unspecified atom stereocenters. The minimum Gasteiger partial charge on any atom is -0.374 e. The van der Waals surface area contributed by atoms with Crippen LogP contribution in [0.5, 0.6) is 0 Å². The van der Waals surface area contributed by atoms with Gasteiger partial charge in [0.1, 0.15) is 11.9 Å². The summed E-state index contributed by atoms with van der Waals surface area (Å²) >= 11 is 1.66. The fourth-order valence-electron chi connectivity index (χ4n) is 2.17. The van der Waals surface area contributed by atoms with E-state index >= 15 is 0 Å². The van der Waals surface area contributed by atoms with Crippen molar-refractivity contribution in [2.24, 2.45) is 0 Å². The van der Waals surface area contributed by atoms with E-state index in [0.29, 0.717) is 18.5 Å². The molecule has 22 heavy (non-hydrogen) atoms. The Balaban J connectivity index is 1.81. The van der Waals surface area contributed by atoms with Crippen LogP contribution in [0.2, 0.25) is 0 Å². The molecular formula is C17H20FNO2S. The molecule has 0 spiro atoms. The van der Waals surface area contributed by atoms with Crippen molar-refractivity contribution in [1.29, 1.82) is 0 Å². The van der Waals surface area contributed by atoms with Gasteiger partial charge in [-0.15, -0.1) is 11.3 Å². The number of carbonyl (C=O) groups is 1. The Bertz CT molecular complexity index is 627. The number of benzene rings is 1. The van der Waals surface area contributed by atoms with E-state index in [1.54, 1.807) is 36.6 Å². The molecule has 0 radical (unpaired) electrons. The van der Waals surface area contributed by atoms with Gasteiger partial charge in [0.2, 0.25) is 5.91 Å². The van der Waals surface area contributed by atoms with Gasteiger partial charge >= 0.3 is 0 Å². The second-order valence-electron chi connectivity index (χ2n) is 5.07. The zero-order valence-electron chi connectivity index (χ0n) is 12.8. The number of thiophene rings is 1. The van der Waals surface area contributed by atoms with Crippen molar-refractivity contribution in [3.8, 4) is 0 Å². The van der Waals surface area contributed by atoms with Crippen LogP contribution in [0.1, 0.15) is 27.8 Å². The quantitative estimate of drug-likeness (QED) is 0.845. The molecule has 3 nitrogen and oxygen atoms in total. The molecule has 0 saturated carbocycles. The second kappa shape index (κ2) is 8.06. The van der Waals surface area contributed by atoms with Gasteiger partial charge in [-0.05, 0) is 37.1 Å². The fraction of sp³-hybridized carbons (Fsp3) is 0.353. The second-order valence-corrected chi connectivity index (χ2v) is 6.39. The van der Waals surface area contributed by atoms with Crippen LogP contribution in [0.15, 0.2) is 36.4 Å². The Morgan fingerprint density at radius 1 is 1.32 bits per heavy atom. The van der Waals surface area contributed by atoms with Crippen LogP contribution in [0.25, 0.3) is 0 Å². The predicted molar refractivity (Wildman–Crippen MR) is 86.5 cm³/mol. The lowest BCUT2D eigenvalue weighted by molar-refractivity contribution is -0.121. The molecular weight excluding hydrogens is 301 g/mol. The summed E-state index contributed by atoms with van der Waals surface area (Å²) in [5.41, 5.74) is 0.565. The lowest BCUT2D eigenvalue weighted by atomic mass is 10.1. The largest absolute Gasteiger partial charge is 0.374 e. The third-order valence-electron chi connectivity index (χ3n) is 3.43. The van der Waals surface area contributed by atoms with Crippen LogP contribution in [-0.4, -0.2) is 19.6 Å². The summed E-state index contributed by atoms with van der Waals surface area (Å²) in [5.74, 6) is -0.363. The number of amides is 1. The molecule has 1 N–H and O–H groups in total. The van der Waals surface area contributed by atoms with Crippen molar-refractivity contribution in [3.63, 3.8) is 0 Å². The number of methoxy groups -OCH3 is 1. The molecule has 1 atom stereocenters. The number of nitrogens with one attached hydrogen (secondary N) is 1. The van der Waals surface area contributed by atoms with E-state index in [1.807, 2.05) is 19.1 Å². The third kappa shape index (κ3) is 4.64. The molecule has 1 aromatic carbocycles. The highest BCUT2D eigenvalue weighted by Gasteiger charge is 2.14. The maximum atomic E-state index is 13.5. The topological polar surface area (TPSA) is 38.3 Å². The van der Waals surface area contributed by atoms with Crippen molar-refractivity contribution in [3.05, 3.63) is 57.5 Å². The Labute approximate surface area is 134 Å². The first kappa shape index (κ1) is 16.6. The number of rotatable bonds is 7. The number of hydrogen-bond donors (Lipinski definition) is 1. The summed E-state index contributed by atoms with van der Waals surface area (Å²) in [6.45, 7) is 2.46. The van der Waals surface area contributed by atoms with Gasteiger partial charge in [-0.1, -0.05) is 18.2 Å². The summed E-state index contributed by atoms with van der Waals surface area (Å²) in [7, 11) is 1.63. The minimum absolute atomic E-state index is 0.0985. The summed E-state index contributed by atoms with van der Waals surface area (Å²) in [6, 6.07) is 10.6. The summed E-state index contributed by atoms with van der Waals surface area (Å²) in [6.07, 6.45) is 0.519. The number of hydrogen-bond acceptors (Lipinski definition) is 3. The zero-order valence-corrected chi connectivity index (χ0v) is 13.6. The molecule has 5 heteroatoms. The normalized spacial score (nSPS) is 12.1. The molecule has 1 heterocycles. The van der Waals surface area contributed by atoms with Crippen LogP contribution in [-0.2, 0) is 16.0 Å². The van der Waals surface area contributed by atoms with Crippen LogP contribution in [0.4, 0.5) is 4.39 Å². The fourth-order valence-corrected chi connectivity index (χ4v) is 3.13. The molecule has 118 valence electrons. The van der Waals surface area contributed by atoms with Crippen LogP contribution in [0.3, 0.4) is 0 Å². The molecule has 0 aliphatic heterocycles. The van der Waals surface area contributed by atoms with Crippen molar-refractivity contribution in [1.82, 2.24) is 5.32 Å². The van der Waals surface area contributed by atoms with E-state index in [4.69, 9.17) is 4.74 Å². The third-order valence-corrected chi connectivity index (χ3v) is 4.52. The Hall–Kier alpha value is -1.72. The Kier molecular flexibility index (Phi) is 6.10. The first-order chi connectivity index (χ1) is 10.6. The highest BCUT2D eigenvalue weighted by atomic mass is 32.1. The Morgan fingerprint density at radius 3 is 2.73 bits per heavy atom. The van der Waals surface area contributed by atoms with Crippen LogP contribution in [0, 0.1) is 12.7 Å². The average molecular weight is 321 g/mol. The maximum Gasteiger partial charge on any atom is 0.220 e. The lowest BCUT2D eigenvalue weighted by Crippen LogP contribution is -2.29. The standard InChI is InChI=1S/C17H20FNO2S/c1-12-7-9-16(22-12)15(21-2)11-19-17(20)10-8-13-5-3-4-6-14(13)18/h3-7,9,15H,8,10-11H2,1-2H3,(H,19,20). The van der Waals surface area contributed by atoms with Gasteiger partial charge in [0.25, 0.3) is 0 Å². The maximum absolute atomic E-state index is 13.5. The van der Waals surface area contributed by atoms with E-state index in [0.717, 1.165) is 4.88 Å². The number of carbonyl (C=O) groups excluding carboxylic acids is 1. The molecule has 1 aromatic heterocycles. The van der Waals surface area contributed by atoms with Gasteiger partial charge in [0.15, 0.2) is 0 Å². The number of aryl methyl sites for hydroxylation is 2. The van der Waals surface area contributed by atoms with E-state index in [1.165, 1.54) is 10.9 Å². The van der Waals surface area contributed by atoms with Crippen molar-refractivity contribution >= 4 is 17.2 Å². The number of ether oxygens (including phenoxy) is 1. The summed E-state index contributed by atoms with van der Waals surface area (Å²) < 4.78 is 18.9. The minimum atomic E-state index is -0.265. The molecule has 0 fully saturated rings. The first-order valence-corrected chi connectivity index (χ1v) is 8.01. The van der Waals surface area contributed by atoms with Crippen molar-refractivity contribution < 1.29 is 13.9 Å². The van der Waals surface area contributed by atoms with E-state index < -0.39 is 0 Å². The monoisotopic (exact) mass is 321 g/mol. The van der Waals surface area contributed by atoms with E-state index in [9.17, 15) is 9.18 Å². The van der Waals surface area contributed by atoms with Crippen LogP contribution < -0.4 is 5.32 Å². The van der Waals surface area contributed by atoms with Gasteiger partial charge < -0.3 is 10.1 Å². The van der Waals surface area contributed by atoms with Crippen molar-refractivity contribution in [2.45, 2.75) is 25.9 Å². The first-order valence-electron chi connectivity index (χ1n) is 7.19. The molecule has 0 saturated heterocycles. The van der Waals surface area contributed by atoms with Gasteiger partial charge in [-0.3, -0.25) is 4.79 Å². The molecule has 1 amide bonds. The average Bonchev–Trinajstić information content (AvgIpc) is 2.93. The molecule has 0 aliphatic carbocycles. The highest BCUT2D eigenvalue weighted by molar-refractivity contribution is 7.12. The van der Waals surface area contributed by atoms with E-state index in [-0.39, 0.29) is 24.2 Å². The summed E-state index contributed by atoms with van der Waals surface area (Å²) in [5, 5.41) is 2.85. The highest BCUT2D eigenvalue weighted by Crippen LogP contribution is 2.24. The zero-order chi connectivity index (χ0) is 15.9.